The molecule has 2 aromatic rings. The minimum absolute atomic E-state index is 0.141. The van der Waals surface area contributed by atoms with Crippen LogP contribution < -0.4 is 19.5 Å². The zero-order valence-electron chi connectivity index (χ0n) is 12.7. The molecule has 0 saturated heterocycles. The van der Waals surface area contributed by atoms with Crippen molar-refractivity contribution in [1.29, 1.82) is 0 Å². The van der Waals surface area contributed by atoms with E-state index >= 15 is 0 Å². The molecule has 0 radical (unpaired) electrons. The quantitative estimate of drug-likeness (QED) is 0.845. The van der Waals surface area contributed by atoms with Crippen molar-refractivity contribution in [3.8, 4) is 17.2 Å². The Kier molecular flexibility index (Phi) is 5.24. The van der Waals surface area contributed by atoms with Crippen LogP contribution in [0.5, 0.6) is 17.2 Å². The molecule has 1 N–H and O–H groups in total. The Labute approximate surface area is 128 Å². The summed E-state index contributed by atoms with van der Waals surface area (Å²) in [5, 5.41) is 2.79. The van der Waals surface area contributed by atoms with Gasteiger partial charge in [0, 0.05) is 30.7 Å². The maximum atomic E-state index is 12.0. The SMILES string of the molecule is COc1cc(NC(=O)CCc2cocn2)cc(OC)c1OC. The van der Waals surface area contributed by atoms with E-state index in [1.54, 1.807) is 12.1 Å². The number of benzene rings is 1. The second kappa shape index (κ2) is 7.35. The monoisotopic (exact) mass is 306 g/mol. The highest BCUT2D eigenvalue weighted by atomic mass is 16.5. The molecular weight excluding hydrogens is 288 g/mol. The maximum Gasteiger partial charge on any atom is 0.224 e. The van der Waals surface area contributed by atoms with Crippen molar-refractivity contribution in [2.75, 3.05) is 26.6 Å². The Morgan fingerprint density at radius 2 is 1.86 bits per heavy atom. The smallest absolute Gasteiger partial charge is 0.224 e. The zero-order valence-corrected chi connectivity index (χ0v) is 12.7. The largest absolute Gasteiger partial charge is 0.493 e. The van der Waals surface area contributed by atoms with Crippen LogP contribution in [0.1, 0.15) is 12.1 Å². The van der Waals surface area contributed by atoms with Crippen LogP contribution in [0, 0.1) is 0 Å². The number of nitrogens with zero attached hydrogens (tertiary/aromatic N) is 1. The summed E-state index contributed by atoms with van der Waals surface area (Å²) in [5.41, 5.74) is 1.31. The van der Waals surface area contributed by atoms with Gasteiger partial charge in [0.1, 0.15) is 6.26 Å². The summed E-state index contributed by atoms with van der Waals surface area (Å²) < 4.78 is 20.6. The van der Waals surface area contributed by atoms with Crippen molar-refractivity contribution in [2.24, 2.45) is 0 Å². The van der Waals surface area contributed by atoms with Gasteiger partial charge in [-0.1, -0.05) is 0 Å². The lowest BCUT2D eigenvalue weighted by atomic mass is 10.2. The molecule has 0 atom stereocenters. The van der Waals surface area contributed by atoms with E-state index in [2.05, 4.69) is 10.3 Å². The number of methoxy groups -OCH3 is 3. The Balaban J connectivity index is 2.06. The van der Waals surface area contributed by atoms with Crippen molar-refractivity contribution >= 4 is 11.6 Å². The van der Waals surface area contributed by atoms with Crippen LogP contribution in [0.3, 0.4) is 0 Å². The van der Waals surface area contributed by atoms with E-state index in [1.807, 2.05) is 0 Å². The molecule has 0 unspecified atom stereocenters. The van der Waals surface area contributed by atoms with Gasteiger partial charge in [0.05, 0.1) is 27.0 Å². The van der Waals surface area contributed by atoms with E-state index in [-0.39, 0.29) is 5.91 Å². The molecule has 0 spiro atoms. The van der Waals surface area contributed by atoms with Gasteiger partial charge in [-0.05, 0) is 0 Å². The number of aromatic nitrogens is 1. The summed E-state index contributed by atoms with van der Waals surface area (Å²) in [4.78, 5) is 15.9. The van der Waals surface area contributed by atoms with Crippen molar-refractivity contribution in [3.05, 3.63) is 30.5 Å². The number of hydrogen-bond acceptors (Lipinski definition) is 6. The number of ether oxygens (including phenoxy) is 3. The molecule has 1 amide bonds. The number of amides is 1. The van der Waals surface area contributed by atoms with Crippen molar-refractivity contribution < 1.29 is 23.4 Å². The molecule has 0 aliphatic heterocycles. The first-order valence-corrected chi connectivity index (χ1v) is 6.64. The molecule has 0 aliphatic carbocycles. The lowest BCUT2D eigenvalue weighted by molar-refractivity contribution is -0.116. The van der Waals surface area contributed by atoms with Crippen LogP contribution in [0.25, 0.3) is 0 Å². The van der Waals surface area contributed by atoms with Gasteiger partial charge in [0.2, 0.25) is 11.7 Å². The maximum absolute atomic E-state index is 12.0. The van der Waals surface area contributed by atoms with E-state index in [4.69, 9.17) is 18.6 Å². The lowest BCUT2D eigenvalue weighted by Crippen LogP contribution is -2.12. The van der Waals surface area contributed by atoms with E-state index in [0.29, 0.717) is 35.8 Å². The summed E-state index contributed by atoms with van der Waals surface area (Å²) in [7, 11) is 4.57. The van der Waals surface area contributed by atoms with E-state index in [1.165, 1.54) is 34.0 Å². The summed E-state index contributed by atoms with van der Waals surface area (Å²) in [6.07, 6.45) is 3.66. The van der Waals surface area contributed by atoms with Crippen molar-refractivity contribution in [2.45, 2.75) is 12.8 Å². The minimum atomic E-state index is -0.141. The Bertz CT molecular complexity index is 600. The van der Waals surface area contributed by atoms with Gasteiger partial charge >= 0.3 is 0 Å². The Hall–Kier alpha value is -2.70. The average Bonchev–Trinajstić information content (AvgIpc) is 3.05. The summed E-state index contributed by atoms with van der Waals surface area (Å²) >= 11 is 0. The lowest BCUT2D eigenvalue weighted by Gasteiger charge is -2.14. The number of anilines is 1. The molecular formula is C15H18N2O5. The highest BCUT2D eigenvalue weighted by Gasteiger charge is 2.14. The van der Waals surface area contributed by atoms with Gasteiger partial charge in [0.25, 0.3) is 0 Å². The topological polar surface area (TPSA) is 82.8 Å². The second-order valence-corrected chi connectivity index (χ2v) is 4.44. The van der Waals surface area contributed by atoms with Gasteiger partial charge in [-0.2, -0.15) is 0 Å². The van der Waals surface area contributed by atoms with Crippen LogP contribution in [0.15, 0.2) is 29.2 Å². The fourth-order valence-corrected chi connectivity index (χ4v) is 1.98. The number of oxazole rings is 1. The predicted octanol–water partition coefficient (Wildman–Crippen LogP) is 2.27. The molecule has 22 heavy (non-hydrogen) atoms. The van der Waals surface area contributed by atoms with Gasteiger partial charge in [-0.3, -0.25) is 4.79 Å². The van der Waals surface area contributed by atoms with Crippen molar-refractivity contribution in [1.82, 2.24) is 4.98 Å². The first-order chi connectivity index (χ1) is 10.7. The van der Waals surface area contributed by atoms with Crippen LogP contribution in [0.4, 0.5) is 5.69 Å². The first kappa shape index (κ1) is 15.7. The number of hydrogen-bond donors (Lipinski definition) is 1. The molecule has 1 aromatic carbocycles. The summed E-state index contributed by atoms with van der Waals surface area (Å²) in [5.74, 6) is 1.30. The molecule has 118 valence electrons. The average molecular weight is 306 g/mol. The molecule has 7 nitrogen and oxygen atoms in total. The number of aryl methyl sites for hydroxylation is 1. The Morgan fingerprint density at radius 3 is 2.36 bits per heavy atom. The van der Waals surface area contributed by atoms with Crippen LogP contribution >= 0.6 is 0 Å². The van der Waals surface area contributed by atoms with Gasteiger partial charge in [0.15, 0.2) is 17.9 Å². The normalized spacial score (nSPS) is 10.1. The molecule has 1 aromatic heterocycles. The molecule has 7 heteroatoms. The highest BCUT2D eigenvalue weighted by molar-refractivity contribution is 5.91. The van der Waals surface area contributed by atoms with E-state index < -0.39 is 0 Å². The molecule has 0 fully saturated rings. The van der Waals surface area contributed by atoms with Crippen LogP contribution in [0.2, 0.25) is 0 Å². The third-order valence-corrected chi connectivity index (χ3v) is 3.04. The van der Waals surface area contributed by atoms with Crippen LogP contribution in [-0.4, -0.2) is 32.2 Å². The number of carbonyl (C=O) groups excluding carboxylic acids is 1. The fraction of sp³-hybridized carbons (Fsp3) is 0.333. The van der Waals surface area contributed by atoms with Gasteiger partial charge in [-0.15, -0.1) is 0 Å². The fourth-order valence-electron chi connectivity index (χ4n) is 1.98. The molecule has 0 bridgehead atoms. The minimum Gasteiger partial charge on any atom is -0.493 e. The first-order valence-electron chi connectivity index (χ1n) is 6.64. The molecule has 0 saturated carbocycles. The highest BCUT2D eigenvalue weighted by Crippen LogP contribution is 2.39. The van der Waals surface area contributed by atoms with E-state index in [0.717, 1.165) is 5.69 Å². The van der Waals surface area contributed by atoms with Crippen molar-refractivity contribution in [3.63, 3.8) is 0 Å². The molecule has 0 aliphatic rings. The van der Waals surface area contributed by atoms with Crippen LogP contribution in [-0.2, 0) is 11.2 Å². The summed E-state index contributed by atoms with van der Waals surface area (Å²) in [6.45, 7) is 0. The third kappa shape index (κ3) is 3.69. The Morgan fingerprint density at radius 1 is 1.18 bits per heavy atom. The van der Waals surface area contributed by atoms with E-state index in [9.17, 15) is 4.79 Å². The third-order valence-electron chi connectivity index (χ3n) is 3.04. The number of rotatable bonds is 7. The molecule has 1 heterocycles. The summed E-state index contributed by atoms with van der Waals surface area (Å²) in [6, 6.07) is 3.35. The zero-order chi connectivity index (χ0) is 15.9. The standard InChI is InChI=1S/C15H18N2O5/c1-19-12-6-11(7-13(20-2)15(12)21-3)17-14(18)5-4-10-8-22-9-16-10/h6-9H,4-5H2,1-3H3,(H,17,18). The second-order valence-electron chi connectivity index (χ2n) is 4.44. The number of nitrogens with one attached hydrogen (secondary N) is 1. The molecule has 2 rings (SSSR count). The number of carbonyl (C=O) groups is 1. The van der Waals surface area contributed by atoms with Gasteiger partial charge < -0.3 is 23.9 Å². The predicted molar refractivity (Wildman–Crippen MR) is 79.6 cm³/mol. The van der Waals surface area contributed by atoms with Gasteiger partial charge in [-0.25, -0.2) is 4.98 Å².